The number of benzene rings is 2. The monoisotopic (exact) mass is 430 g/mol. The minimum atomic E-state index is -0.414. The molecule has 1 aliphatic heterocycles. The van der Waals surface area contributed by atoms with Crippen molar-refractivity contribution in [3.8, 4) is 0 Å². The fourth-order valence-corrected chi connectivity index (χ4v) is 4.65. The smallest absolute Gasteiger partial charge is 0.269 e. The van der Waals surface area contributed by atoms with Crippen molar-refractivity contribution in [2.45, 2.75) is 39.7 Å². The highest BCUT2D eigenvalue weighted by atomic mass is 16.6. The summed E-state index contributed by atoms with van der Waals surface area (Å²) in [6, 6.07) is 12.5. The molecular formula is C26H26N2O4. The number of carbonyl (C=O) groups excluding carboxylic acids is 2. The Hall–Kier alpha value is -3.54. The lowest BCUT2D eigenvalue weighted by Crippen LogP contribution is -2.28. The van der Waals surface area contributed by atoms with Crippen molar-refractivity contribution in [2.75, 3.05) is 0 Å². The van der Waals surface area contributed by atoms with Gasteiger partial charge in [0.2, 0.25) is 0 Å². The molecule has 1 aliphatic carbocycles. The van der Waals surface area contributed by atoms with Gasteiger partial charge in [-0.3, -0.25) is 19.7 Å². The van der Waals surface area contributed by atoms with E-state index in [-0.39, 0.29) is 29.1 Å². The predicted octanol–water partition coefficient (Wildman–Crippen LogP) is 5.16. The molecule has 0 spiro atoms. The van der Waals surface area contributed by atoms with Crippen LogP contribution in [0.2, 0.25) is 0 Å². The van der Waals surface area contributed by atoms with Crippen LogP contribution in [0.4, 0.5) is 5.69 Å². The molecular weight excluding hydrogens is 404 g/mol. The Kier molecular flexibility index (Phi) is 6.04. The molecule has 0 fully saturated rings. The van der Waals surface area contributed by atoms with E-state index in [9.17, 15) is 19.7 Å². The summed E-state index contributed by atoms with van der Waals surface area (Å²) in [7, 11) is 0. The highest BCUT2D eigenvalue weighted by Gasteiger charge is 2.31. The third kappa shape index (κ3) is 4.54. The highest BCUT2D eigenvalue weighted by molar-refractivity contribution is 6.00. The lowest BCUT2D eigenvalue weighted by Gasteiger charge is -2.30. The van der Waals surface area contributed by atoms with Crippen molar-refractivity contribution in [2.24, 2.45) is 11.8 Å². The number of hydrogen-bond acceptors (Lipinski definition) is 5. The van der Waals surface area contributed by atoms with Gasteiger partial charge in [0.15, 0.2) is 11.6 Å². The topological polar surface area (TPSA) is 80.5 Å². The van der Waals surface area contributed by atoms with Crippen LogP contribution >= 0.6 is 0 Å². The minimum absolute atomic E-state index is 0.0253. The summed E-state index contributed by atoms with van der Waals surface area (Å²) in [6.07, 6.45) is 7.98. The minimum Gasteiger partial charge on any atom is -0.350 e. The molecule has 4 rings (SSSR count). The van der Waals surface area contributed by atoms with Gasteiger partial charge in [0, 0.05) is 54.0 Å². The lowest BCUT2D eigenvalue weighted by molar-refractivity contribution is -0.384. The molecule has 0 bridgehead atoms. The molecule has 0 aromatic heterocycles. The first-order valence-corrected chi connectivity index (χ1v) is 10.9. The van der Waals surface area contributed by atoms with Crippen LogP contribution in [0.1, 0.15) is 46.8 Å². The Balaban J connectivity index is 1.49. The first-order chi connectivity index (χ1) is 15.3. The van der Waals surface area contributed by atoms with Gasteiger partial charge in [0.1, 0.15) is 0 Å². The van der Waals surface area contributed by atoms with E-state index in [0.717, 1.165) is 35.1 Å². The van der Waals surface area contributed by atoms with Gasteiger partial charge in [0.25, 0.3) is 5.69 Å². The molecule has 2 aliphatic rings. The number of rotatable bonds is 6. The van der Waals surface area contributed by atoms with Gasteiger partial charge in [0.05, 0.1) is 4.92 Å². The standard InChI is InChI=1S/C26H26N2O4/c1-17-6-9-24-20(12-17)7-8-22(26(24)30)14-21-10-11-27(16-25(21)18(2)29)15-19-4-3-5-23(13-19)28(31)32/h3-6,9-13,16,21-22H,7-8,14-15H2,1-2H3. The fourth-order valence-electron chi connectivity index (χ4n) is 4.65. The number of hydrogen-bond donors (Lipinski definition) is 0. The average Bonchev–Trinajstić information content (AvgIpc) is 2.76. The Morgan fingerprint density at radius 2 is 2.03 bits per heavy atom. The normalized spacial score (nSPS) is 20.0. The average molecular weight is 431 g/mol. The number of nitro benzene ring substituents is 1. The zero-order valence-corrected chi connectivity index (χ0v) is 18.3. The van der Waals surface area contributed by atoms with E-state index in [1.165, 1.54) is 6.07 Å². The number of aryl methyl sites for hydroxylation is 2. The first kappa shape index (κ1) is 21.7. The Labute approximate surface area is 187 Å². The maximum absolute atomic E-state index is 13.1. The number of fused-ring (bicyclic) bond motifs is 1. The van der Waals surface area contributed by atoms with Crippen molar-refractivity contribution >= 4 is 17.3 Å². The molecule has 6 heteroatoms. The maximum atomic E-state index is 13.1. The quantitative estimate of drug-likeness (QED) is 0.467. The van der Waals surface area contributed by atoms with Crippen LogP contribution in [-0.2, 0) is 17.8 Å². The molecule has 0 saturated carbocycles. The second kappa shape index (κ2) is 8.91. The Morgan fingerprint density at radius 1 is 1.22 bits per heavy atom. The van der Waals surface area contributed by atoms with E-state index in [1.54, 1.807) is 19.1 Å². The Bertz CT molecular complexity index is 1150. The summed E-state index contributed by atoms with van der Waals surface area (Å²) in [4.78, 5) is 38.0. The number of ketones is 2. The second-order valence-corrected chi connectivity index (χ2v) is 8.68. The molecule has 1 heterocycles. The molecule has 2 unspecified atom stereocenters. The molecule has 0 N–H and O–H groups in total. The zero-order chi connectivity index (χ0) is 22.8. The number of Topliss-reactive ketones (excluding diaryl/α,β-unsaturated/α-hetero) is 2. The van der Waals surface area contributed by atoms with Gasteiger partial charge in [-0.2, -0.15) is 0 Å². The van der Waals surface area contributed by atoms with Crippen LogP contribution in [0.25, 0.3) is 0 Å². The van der Waals surface area contributed by atoms with Gasteiger partial charge in [-0.25, -0.2) is 0 Å². The summed E-state index contributed by atoms with van der Waals surface area (Å²) >= 11 is 0. The molecule has 164 valence electrons. The number of nitrogens with zero attached hydrogens (tertiary/aromatic N) is 2. The van der Waals surface area contributed by atoms with Crippen LogP contribution in [0, 0.1) is 28.9 Å². The molecule has 2 aromatic carbocycles. The second-order valence-electron chi connectivity index (χ2n) is 8.68. The summed E-state index contributed by atoms with van der Waals surface area (Å²) < 4.78 is 0. The van der Waals surface area contributed by atoms with Crippen LogP contribution < -0.4 is 0 Å². The summed E-state index contributed by atoms with van der Waals surface area (Å²) in [5, 5.41) is 11.0. The molecule has 0 amide bonds. The summed E-state index contributed by atoms with van der Waals surface area (Å²) in [6.45, 7) is 4.01. The van der Waals surface area contributed by atoms with Crippen molar-refractivity contribution in [1.82, 2.24) is 4.90 Å². The van der Waals surface area contributed by atoms with Gasteiger partial charge < -0.3 is 4.90 Å². The van der Waals surface area contributed by atoms with Gasteiger partial charge >= 0.3 is 0 Å². The zero-order valence-electron chi connectivity index (χ0n) is 18.3. The summed E-state index contributed by atoms with van der Waals surface area (Å²) in [5.74, 6) is -0.0787. The molecule has 6 nitrogen and oxygen atoms in total. The van der Waals surface area contributed by atoms with Crippen molar-refractivity contribution < 1.29 is 14.5 Å². The van der Waals surface area contributed by atoms with E-state index in [4.69, 9.17) is 0 Å². The summed E-state index contributed by atoms with van der Waals surface area (Å²) in [5.41, 5.74) is 4.60. The van der Waals surface area contributed by atoms with E-state index >= 15 is 0 Å². The SMILES string of the molecule is CC(=O)C1=CN(Cc2cccc([N+](=O)[O-])c2)C=CC1CC1CCc2cc(C)ccc2C1=O. The number of nitro groups is 1. The van der Waals surface area contributed by atoms with E-state index < -0.39 is 4.92 Å². The predicted molar refractivity (Wildman–Crippen MR) is 122 cm³/mol. The fraction of sp³-hybridized carbons (Fsp3) is 0.308. The third-order valence-corrected chi connectivity index (χ3v) is 6.30. The maximum Gasteiger partial charge on any atom is 0.269 e. The van der Waals surface area contributed by atoms with Crippen LogP contribution in [0.3, 0.4) is 0 Å². The third-order valence-electron chi connectivity index (χ3n) is 6.30. The van der Waals surface area contributed by atoms with Crippen molar-refractivity contribution in [1.29, 1.82) is 0 Å². The highest BCUT2D eigenvalue weighted by Crippen LogP contribution is 2.34. The van der Waals surface area contributed by atoms with Crippen LogP contribution in [0.15, 0.2) is 66.5 Å². The van der Waals surface area contributed by atoms with Gasteiger partial charge in [-0.15, -0.1) is 0 Å². The lowest BCUT2D eigenvalue weighted by atomic mass is 9.76. The molecule has 2 aromatic rings. The van der Waals surface area contributed by atoms with Crippen LogP contribution in [0.5, 0.6) is 0 Å². The molecule has 0 saturated heterocycles. The van der Waals surface area contributed by atoms with Gasteiger partial charge in [-0.1, -0.05) is 42.0 Å². The van der Waals surface area contributed by atoms with Crippen molar-refractivity contribution in [3.05, 3.63) is 98.9 Å². The van der Waals surface area contributed by atoms with E-state index in [0.29, 0.717) is 18.5 Å². The molecule has 0 radical (unpaired) electrons. The van der Waals surface area contributed by atoms with Crippen molar-refractivity contribution in [3.63, 3.8) is 0 Å². The number of non-ortho nitro benzene ring substituents is 1. The van der Waals surface area contributed by atoms with Crippen LogP contribution in [-0.4, -0.2) is 21.4 Å². The largest absolute Gasteiger partial charge is 0.350 e. The van der Waals surface area contributed by atoms with Gasteiger partial charge in [-0.05, 0) is 44.2 Å². The first-order valence-electron chi connectivity index (χ1n) is 10.9. The van der Waals surface area contributed by atoms with E-state index in [2.05, 4.69) is 6.07 Å². The Morgan fingerprint density at radius 3 is 2.78 bits per heavy atom. The number of carbonyl (C=O) groups is 2. The van der Waals surface area contributed by atoms with E-state index in [1.807, 2.05) is 48.5 Å². The number of allylic oxidation sites excluding steroid dienone is 2. The molecule has 2 atom stereocenters. The molecule has 32 heavy (non-hydrogen) atoms.